The Bertz CT molecular complexity index is 959. The number of carbonyl (C=O) groups is 1. The van der Waals surface area contributed by atoms with Crippen molar-refractivity contribution >= 4 is 34.5 Å². The summed E-state index contributed by atoms with van der Waals surface area (Å²) < 4.78 is 7.62. The largest absolute Gasteiger partial charge is 0.378 e. The van der Waals surface area contributed by atoms with Crippen LogP contribution in [-0.2, 0) is 22.6 Å². The molecule has 0 aliphatic carbocycles. The number of ether oxygens (including phenoxy) is 1. The molecule has 10 nitrogen and oxygen atoms in total. The number of piperazine rings is 1. The Morgan fingerprint density at radius 2 is 1.94 bits per heavy atom. The van der Waals surface area contributed by atoms with E-state index in [1.807, 2.05) is 0 Å². The highest BCUT2D eigenvalue weighted by atomic mass is 35.5. The number of halogens is 1. The van der Waals surface area contributed by atoms with Crippen LogP contribution in [0.2, 0.25) is 5.28 Å². The molecule has 2 fully saturated rings. The molecule has 2 N–H and O–H groups in total. The standard InChI is InChI=1S/C21H33ClN8O2/c1-4-30-17(13-27-5-6-29(12-16(23)31)15(11-27)14(2)3)24-18-19(25-21(22)26-20(18)30)28-7-9-32-10-8-28/h14-15H,4-13H2,1-3H3,(H2,23,31). The fourth-order valence-corrected chi connectivity index (χ4v) is 4.89. The Morgan fingerprint density at radius 1 is 1.19 bits per heavy atom. The summed E-state index contributed by atoms with van der Waals surface area (Å²) in [5.41, 5.74) is 7.04. The first-order valence-electron chi connectivity index (χ1n) is 11.4. The summed E-state index contributed by atoms with van der Waals surface area (Å²) >= 11 is 6.31. The topological polar surface area (TPSA) is 106 Å². The summed E-state index contributed by atoms with van der Waals surface area (Å²) in [4.78, 5) is 32.3. The zero-order chi connectivity index (χ0) is 22.8. The molecule has 1 unspecified atom stereocenters. The molecule has 176 valence electrons. The first-order chi connectivity index (χ1) is 15.4. The van der Waals surface area contributed by atoms with Gasteiger partial charge in [-0.25, -0.2) is 4.98 Å². The minimum atomic E-state index is -0.275. The molecule has 32 heavy (non-hydrogen) atoms. The van der Waals surface area contributed by atoms with E-state index in [1.54, 1.807) is 0 Å². The molecular weight excluding hydrogens is 432 g/mol. The summed E-state index contributed by atoms with van der Waals surface area (Å²) in [6.45, 7) is 13.6. The minimum Gasteiger partial charge on any atom is -0.378 e. The molecular formula is C21H33ClN8O2. The van der Waals surface area contributed by atoms with Crippen molar-refractivity contribution in [3.8, 4) is 0 Å². The molecule has 0 spiro atoms. The molecule has 0 aromatic carbocycles. The summed E-state index contributed by atoms with van der Waals surface area (Å²) in [5.74, 6) is 1.88. The average Bonchev–Trinajstić information content (AvgIpc) is 3.11. The number of hydrogen-bond acceptors (Lipinski definition) is 8. The van der Waals surface area contributed by atoms with Gasteiger partial charge in [0.2, 0.25) is 11.2 Å². The van der Waals surface area contributed by atoms with Crippen LogP contribution >= 0.6 is 11.6 Å². The van der Waals surface area contributed by atoms with E-state index in [-0.39, 0.29) is 17.2 Å². The van der Waals surface area contributed by atoms with E-state index in [4.69, 9.17) is 27.1 Å². The number of anilines is 1. The summed E-state index contributed by atoms with van der Waals surface area (Å²) in [5, 5.41) is 0.236. The van der Waals surface area contributed by atoms with Crippen molar-refractivity contribution in [3.63, 3.8) is 0 Å². The van der Waals surface area contributed by atoms with E-state index in [2.05, 4.69) is 50.0 Å². The third kappa shape index (κ3) is 4.83. The zero-order valence-corrected chi connectivity index (χ0v) is 19.9. The molecule has 0 bridgehead atoms. The molecule has 4 rings (SSSR count). The van der Waals surface area contributed by atoms with Crippen molar-refractivity contribution in [1.29, 1.82) is 0 Å². The maximum atomic E-state index is 11.5. The average molecular weight is 465 g/mol. The normalized spacial score (nSPS) is 21.0. The van der Waals surface area contributed by atoms with Gasteiger partial charge in [-0.05, 0) is 24.4 Å². The summed E-state index contributed by atoms with van der Waals surface area (Å²) in [6.07, 6.45) is 0. The first kappa shape index (κ1) is 23.2. The second-order valence-electron chi connectivity index (χ2n) is 8.84. The Morgan fingerprint density at radius 3 is 2.59 bits per heavy atom. The quantitative estimate of drug-likeness (QED) is 0.604. The predicted molar refractivity (Wildman–Crippen MR) is 124 cm³/mol. The van der Waals surface area contributed by atoms with Crippen molar-refractivity contribution in [2.45, 2.75) is 39.9 Å². The fraction of sp³-hybridized carbons (Fsp3) is 0.714. The molecule has 2 saturated heterocycles. The Hall–Kier alpha value is -2.01. The van der Waals surface area contributed by atoms with Gasteiger partial charge in [-0.2, -0.15) is 9.97 Å². The molecule has 2 aliphatic rings. The zero-order valence-electron chi connectivity index (χ0n) is 19.1. The number of aryl methyl sites for hydroxylation is 1. The molecule has 1 atom stereocenters. The van der Waals surface area contributed by atoms with Gasteiger partial charge in [0, 0.05) is 45.3 Å². The lowest BCUT2D eigenvalue weighted by Crippen LogP contribution is -2.56. The van der Waals surface area contributed by atoms with E-state index >= 15 is 0 Å². The fourth-order valence-electron chi connectivity index (χ4n) is 4.73. The van der Waals surface area contributed by atoms with E-state index in [1.165, 1.54) is 0 Å². The van der Waals surface area contributed by atoms with Crippen LogP contribution in [0.15, 0.2) is 0 Å². The third-order valence-electron chi connectivity index (χ3n) is 6.37. The van der Waals surface area contributed by atoms with Crippen LogP contribution < -0.4 is 10.6 Å². The van der Waals surface area contributed by atoms with Gasteiger partial charge in [-0.3, -0.25) is 14.6 Å². The Balaban J connectivity index is 1.61. The Kier molecular flexibility index (Phi) is 7.14. The number of rotatable bonds is 7. The predicted octanol–water partition coefficient (Wildman–Crippen LogP) is 0.964. The molecule has 1 amide bonds. The number of primary amides is 1. The van der Waals surface area contributed by atoms with Gasteiger partial charge in [0.25, 0.3) is 0 Å². The van der Waals surface area contributed by atoms with Crippen molar-refractivity contribution < 1.29 is 9.53 Å². The van der Waals surface area contributed by atoms with Crippen LogP contribution in [0.5, 0.6) is 0 Å². The lowest BCUT2D eigenvalue weighted by atomic mass is 9.99. The maximum Gasteiger partial charge on any atom is 0.231 e. The van der Waals surface area contributed by atoms with Crippen LogP contribution in [0.25, 0.3) is 11.2 Å². The summed E-state index contributed by atoms with van der Waals surface area (Å²) in [6, 6.07) is 0.272. The number of hydrogen-bond donors (Lipinski definition) is 1. The van der Waals surface area contributed by atoms with Gasteiger partial charge in [-0.1, -0.05) is 13.8 Å². The number of nitrogens with zero attached hydrogens (tertiary/aromatic N) is 7. The lowest BCUT2D eigenvalue weighted by Gasteiger charge is -2.42. The SMILES string of the molecule is CCn1c(CN2CCN(CC(N)=O)C(C(C)C)C2)nc2c(N3CCOCC3)nc(Cl)nc21. The van der Waals surface area contributed by atoms with Gasteiger partial charge < -0.3 is 19.9 Å². The van der Waals surface area contributed by atoms with Crippen molar-refractivity contribution in [2.24, 2.45) is 11.7 Å². The number of amides is 1. The first-order valence-corrected chi connectivity index (χ1v) is 11.7. The van der Waals surface area contributed by atoms with Gasteiger partial charge in [-0.15, -0.1) is 0 Å². The minimum absolute atomic E-state index is 0.236. The van der Waals surface area contributed by atoms with Crippen LogP contribution in [0.3, 0.4) is 0 Å². The van der Waals surface area contributed by atoms with Gasteiger partial charge in [0.05, 0.1) is 26.3 Å². The number of nitrogens with two attached hydrogens (primary N) is 1. The lowest BCUT2D eigenvalue weighted by molar-refractivity contribution is -0.120. The molecule has 2 aliphatic heterocycles. The molecule has 0 saturated carbocycles. The molecule has 11 heteroatoms. The van der Waals surface area contributed by atoms with E-state index in [9.17, 15) is 4.79 Å². The second kappa shape index (κ2) is 9.86. The smallest absolute Gasteiger partial charge is 0.231 e. The van der Waals surface area contributed by atoms with Crippen LogP contribution in [-0.4, -0.2) is 93.8 Å². The molecule has 2 aromatic heterocycles. The molecule has 4 heterocycles. The van der Waals surface area contributed by atoms with Gasteiger partial charge in [0.15, 0.2) is 17.0 Å². The number of aromatic nitrogens is 4. The van der Waals surface area contributed by atoms with Crippen molar-refractivity contribution in [2.75, 3.05) is 57.4 Å². The highest BCUT2D eigenvalue weighted by molar-refractivity contribution is 6.28. The monoisotopic (exact) mass is 464 g/mol. The van der Waals surface area contributed by atoms with E-state index < -0.39 is 0 Å². The van der Waals surface area contributed by atoms with Crippen LogP contribution in [0.1, 0.15) is 26.6 Å². The number of imidazole rings is 1. The number of morpholine rings is 1. The molecule has 0 radical (unpaired) electrons. The third-order valence-corrected chi connectivity index (χ3v) is 6.54. The van der Waals surface area contributed by atoms with Crippen molar-refractivity contribution in [3.05, 3.63) is 11.1 Å². The Labute approximate surface area is 193 Å². The van der Waals surface area contributed by atoms with Crippen LogP contribution in [0, 0.1) is 5.92 Å². The number of carbonyl (C=O) groups excluding carboxylic acids is 1. The second-order valence-corrected chi connectivity index (χ2v) is 9.18. The van der Waals surface area contributed by atoms with Gasteiger partial charge in [0.1, 0.15) is 5.82 Å². The highest BCUT2D eigenvalue weighted by Crippen LogP contribution is 2.28. The maximum absolute atomic E-state index is 11.5. The van der Waals surface area contributed by atoms with Gasteiger partial charge >= 0.3 is 0 Å². The van der Waals surface area contributed by atoms with Crippen molar-refractivity contribution in [1.82, 2.24) is 29.3 Å². The molecule has 2 aromatic rings. The van der Waals surface area contributed by atoms with E-state index in [0.29, 0.717) is 32.2 Å². The van der Waals surface area contributed by atoms with E-state index in [0.717, 1.165) is 62.1 Å². The summed E-state index contributed by atoms with van der Waals surface area (Å²) in [7, 11) is 0. The number of fused-ring (bicyclic) bond motifs is 1. The van der Waals surface area contributed by atoms with Crippen LogP contribution in [0.4, 0.5) is 5.82 Å². The highest BCUT2D eigenvalue weighted by Gasteiger charge is 2.31.